The molecule has 0 aliphatic rings. The summed E-state index contributed by atoms with van der Waals surface area (Å²) in [4.78, 5) is 17.8. The minimum absolute atomic E-state index is 0.0319. The zero-order valence-electron chi connectivity index (χ0n) is 15.8. The van der Waals surface area contributed by atoms with E-state index in [1.54, 1.807) is 6.20 Å². The van der Waals surface area contributed by atoms with Crippen molar-refractivity contribution in [2.45, 2.75) is 4.90 Å². The van der Waals surface area contributed by atoms with Crippen LogP contribution in [-0.2, 0) is 4.79 Å². The van der Waals surface area contributed by atoms with E-state index in [1.165, 1.54) is 11.8 Å². The molecule has 29 heavy (non-hydrogen) atoms. The molecule has 0 fully saturated rings. The average Bonchev–Trinajstić information content (AvgIpc) is 2.78. The van der Waals surface area contributed by atoms with E-state index in [2.05, 4.69) is 34.6 Å². The molecular weight excluding hydrogens is 376 g/mol. The summed E-state index contributed by atoms with van der Waals surface area (Å²) >= 11 is 1.50. The second kappa shape index (κ2) is 9.22. The third-order valence-electron chi connectivity index (χ3n) is 4.42. The summed E-state index contributed by atoms with van der Waals surface area (Å²) in [7, 11) is 0. The number of carbonyl (C=O) groups is 1. The molecule has 3 nitrogen and oxygen atoms in total. The van der Waals surface area contributed by atoms with Gasteiger partial charge in [0, 0.05) is 22.2 Å². The van der Waals surface area contributed by atoms with Gasteiger partial charge in [-0.05, 0) is 35.4 Å². The first kappa shape index (κ1) is 19.0. The van der Waals surface area contributed by atoms with Crippen molar-refractivity contribution in [2.24, 2.45) is 0 Å². The van der Waals surface area contributed by atoms with Crippen LogP contribution in [0.1, 0.15) is 11.1 Å². The number of benzene rings is 3. The van der Waals surface area contributed by atoms with Crippen LogP contribution in [0.25, 0.3) is 23.1 Å². The van der Waals surface area contributed by atoms with Gasteiger partial charge in [-0.1, -0.05) is 72.8 Å². The van der Waals surface area contributed by atoms with Crippen molar-refractivity contribution in [3.63, 3.8) is 0 Å². The monoisotopic (exact) mass is 396 g/mol. The van der Waals surface area contributed by atoms with Crippen molar-refractivity contribution in [1.29, 1.82) is 0 Å². The molecule has 1 aromatic heterocycles. The van der Waals surface area contributed by atoms with E-state index in [-0.39, 0.29) is 5.91 Å². The minimum atomic E-state index is -0.0319. The zero-order chi connectivity index (χ0) is 19.9. The molecule has 0 unspecified atom stereocenters. The Morgan fingerprint density at radius 2 is 1.55 bits per heavy atom. The van der Waals surface area contributed by atoms with Gasteiger partial charge in [0.2, 0.25) is 5.91 Å². The molecule has 0 radical (unpaired) electrons. The van der Waals surface area contributed by atoms with Crippen molar-refractivity contribution < 1.29 is 4.79 Å². The highest BCUT2D eigenvalue weighted by Gasteiger charge is 2.07. The standard InChI is InChI=1S/C25H20N2OS/c28-24(18-29-23-10-4-8-21-9-5-17-26-25(21)23)27-22-15-13-20(14-16-22)12-11-19-6-2-1-3-7-19/h1-17H,18H2,(H,27,28). The van der Waals surface area contributed by atoms with Gasteiger partial charge in [-0.3, -0.25) is 9.78 Å². The number of nitrogens with zero attached hydrogens (tertiary/aromatic N) is 1. The number of rotatable bonds is 6. The van der Waals surface area contributed by atoms with Crippen LogP contribution in [0.2, 0.25) is 0 Å². The number of nitrogens with one attached hydrogen (secondary N) is 1. The molecule has 1 heterocycles. The molecule has 0 atom stereocenters. The van der Waals surface area contributed by atoms with E-state index in [1.807, 2.05) is 72.8 Å². The molecule has 1 N–H and O–H groups in total. The summed E-state index contributed by atoms with van der Waals surface area (Å²) in [6, 6.07) is 28.0. The molecule has 1 amide bonds. The molecular formula is C25H20N2OS. The molecule has 0 saturated carbocycles. The van der Waals surface area contributed by atoms with Gasteiger partial charge in [0.15, 0.2) is 0 Å². The minimum Gasteiger partial charge on any atom is -0.325 e. The Balaban J connectivity index is 1.34. The first-order chi connectivity index (χ1) is 14.3. The predicted octanol–water partition coefficient (Wildman–Crippen LogP) is 6.14. The van der Waals surface area contributed by atoms with Crippen molar-refractivity contribution in [3.05, 3.63) is 102 Å². The number of amides is 1. The maximum Gasteiger partial charge on any atom is 0.234 e. The van der Waals surface area contributed by atoms with Crippen molar-refractivity contribution in [2.75, 3.05) is 11.1 Å². The Hall–Kier alpha value is -3.37. The van der Waals surface area contributed by atoms with Gasteiger partial charge in [0.1, 0.15) is 0 Å². The Morgan fingerprint density at radius 1 is 0.828 bits per heavy atom. The highest BCUT2D eigenvalue weighted by atomic mass is 32.2. The van der Waals surface area contributed by atoms with Crippen LogP contribution in [-0.4, -0.2) is 16.6 Å². The second-order valence-electron chi connectivity index (χ2n) is 6.53. The summed E-state index contributed by atoms with van der Waals surface area (Å²) in [6.07, 6.45) is 5.91. The molecule has 0 spiro atoms. The fraction of sp³-hybridized carbons (Fsp3) is 0.0400. The highest BCUT2D eigenvalue weighted by Crippen LogP contribution is 2.26. The van der Waals surface area contributed by atoms with Crippen molar-refractivity contribution in [1.82, 2.24) is 4.98 Å². The third kappa shape index (κ3) is 5.12. The third-order valence-corrected chi connectivity index (χ3v) is 5.46. The van der Waals surface area contributed by atoms with Crippen molar-refractivity contribution >= 4 is 46.4 Å². The molecule has 4 heteroatoms. The van der Waals surface area contributed by atoms with E-state index in [0.717, 1.165) is 32.6 Å². The summed E-state index contributed by atoms with van der Waals surface area (Å²) in [5.41, 5.74) is 3.97. The average molecular weight is 397 g/mol. The summed E-state index contributed by atoms with van der Waals surface area (Å²) in [6.45, 7) is 0. The lowest BCUT2D eigenvalue weighted by Crippen LogP contribution is -2.13. The van der Waals surface area contributed by atoms with Gasteiger partial charge < -0.3 is 5.32 Å². The maximum atomic E-state index is 12.4. The Labute approximate surface area is 174 Å². The molecule has 0 saturated heterocycles. The fourth-order valence-electron chi connectivity index (χ4n) is 2.97. The Bertz CT molecular complexity index is 1130. The lowest BCUT2D eigenvalue weighted by molar-refractivity contribution is -0.113. The number of fused-ring (bicyclic) bond motifs is 1. The van der Waals surface area contributed by atoms with Crippen LogP contribution in [0.4, 0.5) is 5.69 Å². The maximum absolute atomic E-state index is 12.4. The SMILES string of the molecule is O=C(CSc1cccc2cccnc12)Nc1ccc(C=Cc2ccccc2)cc1. The lowest BCUT2D eigenvalue weighted by atomic mass is 10.1. The quantitative estimate of drug-likeness (QED) is 0.315. The van der Waals surface area contributed by atoms with Crippen LogP contribution >= 0.6 is 11.8 Å². The topological polar surface area (TPSA) is 42.0 Å². The molecule has 0 aliphatic heterocycles. The van der Waals surface area contributed by atoms with E-state index in [9.17, 15) is 4.79 Å². The number of anilines is 1. The second-order valence-corrected chi connectivity index (χ2v) is 7.55. The van der Waals surface area contributed by atoms with Crippen LogP contribution in [0, 0.1) is 0 Å². The van der Waals surface area contributed by atoms with Gasteiger partial charge in [0.05, 0.1) is 11.3 Å². The van der Waals surface area contributed by atoms with E-state index >= 15 is 0 Å². The van der Waals surface area contributed by atoms with Crippen LogP contribution in [0.5, 0.6) is 0 Å². The normalized spacial score (nSPS) is 11.0. The number of aromatic nitrogens is 1. The molecule has 3 aromatic carbocycles. The Kier molecular flexibility index (Phi) is 6.03. The predicted molar refractivity (Wildman–Crippen MR) is 123 cm³/mol. The molecule has 4 aromatic rings. The summed E-state index contributed by atoms with van der Waals surface area (Å²) in [5.74, 6) is 0.307. The fourth-order valence-corrected chi connectivity index (χ4v) is 3.81. The smallest absolute Gasteiger partial charge is 0.234 e. The van der Waals surface area contributed by atoms with Gasteiger partial charge in [0.25, 0.3) is 0 Å². The van der Waals surface area contributed by atoms with E-state index in [0.29, 0.717) is 5.75 Å². The summed E-state index contributed by atoms with van der Waals surface area (Å²) in [5, 5.41) is 4.04. The largest absolute Gasteiger partial charge is 0.325 e. The van der Waals surface area contributed by atoms with Crippen LogP contribution < -0.4 is 5.32 Å². The van der Waals surface area contributed by atoms with Crippen LogP contribution in [0.15, 0.2) is 96.0 Å². The first-order valence-electron chi connectivity index (χ1n) is 9.37. The van der Waals surface area contributed by atoms with Crippen molar-refractivity contribution in [3.8, 4) is 0 Å². The lowest BCUT2D eigenvalue weighted by Gasteiger charge is -2.07. The summed E-state index contributed by atoms with van der Waals surface area (Å²) < 4.78 is 0. The van der Waals surface area contributed by atoms with Crippen LogP contribution in [0.3, 0.4) is 0 Å². The number of hydrogen-bond donors (Lipinski definition) is 1. The number of para-hydroxylation sites is 1. The molecule has 0 bridgehead atoms. The number of thioether (sulfide) groups is 1. The Morgan fingerprint density at radius 3 is 2.34 bits per heavy atom. The van der Waals surface area contributed by atoms with E-state index in [4.69, 9.17) is 0 Å². The van der Waals surface area contributed by atoms with Gasteiger partial charge in [-0.15, -0.1) is 11.8 Å². The number of pyridine rings is 1. The molecule has 142 valence electrons. The molecule has 4 rings (SSSR count). The van der Waals surface area contributed by atoms with Gasteiger partial charge in [-0.25, -0.2) is 0 Å². The number of carbonyl (C=O) groups excluding carboxylic acids is 1. The first-order valence-corrected chi connectivity index (χ1v) is 10.4. The number of hydrogen-bond acceptors (Lipinski definition) is 3. The van der Waals surface area contributed by atoms with Gasteiger partial charge >= 0.3 is 0 Å². The highest BCUT2D eigenvalue weighted by molar-refractivity contribution is 8.00. The molecule has 0 aliphatic carbocycles. The zero-order valence-corrected chi connectivity index (χ0v) is 16.6. The van der Waals surface area contributed by atoms with E-state index < -0.39 is 0 Å². The van der Waals surface area contributed by atoms with Gasteiger partial charge in [-0.2, -0.15) is 0 Å².